The molecular weight excluding hydrogens is 138 g/mol. The lowest BCUT2D eigenvalue weighted by molar-refractivity contribution is -0.119. The first-order valence-electron chi connectivity index (χ1n) is 4.01. The van der Waals surface area contributed by atoms with Crippen molar-refractivity contribution in [1.82, 2.24) is 5.32 Å². The van der Waals surface area contributed by atoms with Crippen LogP contribution < -0.4 is 5.32 Å². The van der Waals surface area contributed by atoms with Crippen LogP contribution in [0.2, 0.25) is 0 Å². The van der Waals surface area contributed by atoms with Gasteiger partial charge in [-0.2, -0.15) is 0 Å². The predicted octanol–water partition coefficient (Wildman–Crippen LogP) is 1.52. The third-order valence-electron chi connectivity index (χ3n) is 1.74. The van der Waals surface area contributed by atoms with Gasteiger partial charge < -0.3 is 5.32 Å². The Bertz CT molecular complexity index is 132. The standard InChI is InChI=1S/C9H17NO/c1-4-5-6-7-9(10-3)8(2)11/h4,9-10H,1,5-7H2,2-3H3/t9-/m0/s1. The van der Waals surface area contributed by atoms with Crippen LogP contribution in [0.4, 0.5) is 0 Å². The Labute approximate surface area is 68.7 Å². The SMILES string of the molecule is C=CCCC[C@H](NC)C(C)=O. The number of ketones is 1. The van der Waals surface area contributed by atoms with Crippen LogP contribution in [0.5, 0.6) is 0 Å². The first kappa shape index (κ1) is 10.4. The van der Waals surface area contributed by atoms with Gasteiger partial charge in [-0.25, -0.2) is 0 Å². The largest absolute Gasteiger partial charge is 0.311 e. The number of likely N-dealkylation sites (N-methyl/N-ethyl adjacent to an activating group) is 1. The van der Waals surface area contributed by atoms with Crippen molar-refractivity contribution in [3.63, 3.8) is 0 Å². The Morgan fingerprint density at radius 1 is 1.73 bits per heavy atom. The van der Waals surface area contributed by atoms with Crippen LogP contribution in [0.3, 0.4) is 0 Å². The molecule has 0 aromatic carbocycles. The summed E-state index contributed by atoms with van der Waals surface area (Å²) in [4.78, 5) is 10.9. The summed E-state index contributed by atoms with van der Waals surface area (Å²) < 4.78 is 0. The molecule has 0 heterocycles. The smallest absolute Gasteiger partial charge is 0.146 e. The van der Waals surface area contributed by atoms with E-state index >= 15 is 0 Å². The van der Waals surface area contributed by atoms with E-state index in [0.717, 1.165) is 19.3 Å². The molecule has 0 fully saturated rings. The molecule has 2 nitrogen and oxygen atoms in total. The molecule has 0 unspecified atom stereocenters. The maximum absolute atomic E-state index is 10.9. The highest BCUT2D eigenvalue weighted by atomic mass is 16.1. The van der Waals surface area contributed by atoms with Crippen LogP contribution in [0.1, 0.15) is 26.2 Å². The zero-order chi connectivity index (χ0) is 8.69. The highest BCUT2D eigenvalue weighted by Gasteiger charge is 2.09. The van der Waals surface area contributed by atoms with Crippen molar-refractivity contribution in [2.75, 3.05) is 7.05 Å². The molecule has 0 spiro atoms. The van der Waals surface area contributed by atoms with Gasteiger partial charge in [0.15, 0.2) is 0 Å². The number of hydrogen-bond donors (Lipinski definition) is 1. The summed E-state index contributed by atoms with van der Waals surface area (Å²) in [7, 11) is 1.82. The number of allylic oxidation sites excluding steroid dienone is 1. The number of carbonyl (C=O) groups is 1. The fourth-order valence-corrected chi connectivity index (χ4v) is 1.02. The Balaban J connectivity index is 3.52. The number of Topliss-reactive ketones (excluding diaryl/α,β-unsaturated/α-hetero) is 1. The van der Waals surface area contributed by atoms with Crippen LogP contribution in [-0.2, 0) is 4.79 Å². The second-order valence-corrected chi connectivity index (χ2v) is 2.67. The van der Waals surface area contributed by atoms with Gasteiger partial charge in [0.2, 0.25) is 0 Å². The Morgan fingerprint density at radius 2 is 2.36 bits per heavy atom. The van der Waals surface area contributed by atoms with Gasteiger partial charge in [-0.05, 0) is 33.2 Å². The van der Waals surface area contributed by atoms with Crippen molar-refractivity contribution in [2.24, 2.45) is 0 Å². The minimum Gasteiger partial charge on any atom is -0.311 e. The van der Waals surface area contributed by atoms with E-state index in [9.17, 15) is 4.79 Å². The van der Waals surface area contributed by atoms with E-state index in [-0.39, 0.29) is 11.8 Å². The van der Waals surface area contributed by atoms with Crippen LogP contribution in [0, 0.1) is 0 Å². The van der Waals surface area contributed by atoms with Crippen molar-refractivity contribution < 1.29 is 4.79 Å². The number of rotatable bonds is 6. The molecule has 0 amide bonds. The number of hydrogen-bond acceptors (Lipinski definition) is 2. The fraction of sp³-hybridized carbons (Fsp3) is 0.667. The van der Waals surface area contributed by atoms with Crippen LogP contribution in [-0.4, -0.2) is 18.9 Å². The first-order valence-corrected chi connectivity index (χ1v) is 4.01. The number of carbonyl (C=O) groups excluding carboxylic acids is 1. The average molecular weight is 155 g/mol. The normalized spacial score (nSPS) is 12.5. The second kappa shape index (κ2) is 6.10. The van der Waals surface area contributed by atoms with E-state index in [0.29, 0.717) is 0 Å². The van der Waals surface area contributed by atoms with Crippen LogP contribution in [0.25, 0.3) is 0 Å². The summed E-state index contributed by atoms with van der Waals surface area (Å²) in [5.74, 6) is 0.219. The summed E-state index contributed by atoms with van der Waals surface area (Å²) in [5.41, 5.74) is 0. The quantitative estimate of drug-likeness (QED) is 0.465. The van der Waals surface area contributed by atoms with E-state index in [2.05, 4.69) is 11.9 Å². The van der Waals surface area contributed by atoms with Gasteiger partial charge in [0.25, 0.3) is 0 Å². The van der Waals surface area contributed by atoms with Gasteiger partial charge in [-0.3, -0.25) is 4.79 Å². The maximum atomic E-state index is 10.9. The molecule has 0 radical (unpaired) electrons. The van der Waals surface area contributed by atoms with Crippen molar-refractivity contribution in [3.8, 4) is 0 Å². The van der Waals surface area contributed by atoms with Gasteiger partial charge in [0, 0.05) is 0 Å². The van der Waals surface area contributed by atoms with Gasteiger partial charge >= 0.3 is 0 Å². The zero-order valence-electron chi connectivity index (χ0n) is 7.39. The Hall–Kier alpha value is -0.630. The zero-order valence-corrected chi connectivity index (χ0v) is 7.39. The summed E-state index contributed by atoms with van der Waals surface area (Å²) >= 11 is 0. The third kappa shape index (κ3) is 4.73. The Kier molecular flexibility index (Phi) is 5.75. The maximum Gasteiger partial charge on any atom is 0.146 e. The number of unbranched alkanes of at least 4 members (excludes halogenated alkanes) is 1. The molecule has 0 rings (SSSR count). The fourth-order valence-electron chi connectivity index (χ4n) is 1.02. The van der Waals surface area contributed by atoms with E-state index in [1.54, 1.807) is 6.92 Å². The summed E-state index contributed by atoms with van der Waals surface area (Å²) in [6.45, 7) is 5.24. The molecule has 11 heavy (non-hydrogen) atoms. The van der Waals surface area contributed by atoms with Crippen LogP contribution in [0.15, 0.2) is 12.7 Å². The van der Waals surface area contributed by atoms with E-state index in [4.69, 9.17) is 0 Å². The lowest BCUT2D eigenvalue weighted by Gasteiger charge is -2.10. The van der Waals surface area contributed by atoms with E-state index in [1.807, 2.05) is 13.1 Å². The highest BCUT2D eigenvalue weighted by molar-refractivity contribution is 5.81. The molecular formula is C9H17NO. The molecule has 0 aliphatic rings. The molecule has 1 atom stereocenters. The van der Waals surface area contributed by atoms with Gasteiger partial charge in [0.1, 0.15) is 5.78 Å². The van der Waals surface area contributed by atoms with Gasteiger partial charge in [-0.1, -0.05) is 6.08 Å². The van der Waals surface area contributed by atoms with Crippen molar-refractivity contribution >= 4 is 5.78 Å². The molecule has 64 valence electrons. The summed E-state index contributed by atoms with van der Waals surface area (Å²) in [5, 5.41) is 2.98. The lowest BCUT2D eigenvalue weighted by atomic mass is 10.1. The van der Waals surface area contributed by atoms with E-state index < -0.39 is 0 Å². The van der Waals surface area contributed by atoms with Gasteiger partial charge in [0.05, 0.1) is 6.04 Å². The molecule has 2 heteroatoms. The molecule has 0 aromatic rings. The molecule has 0 aromatic heterocycles. The number of nitrogens with one attached hydrogen (secondary N) is 1. The highest BCUT2D eigenvalue weighted by Crippen LogP contribution is 2.01. The molecule has 0 aliphatic carbocycles. The van der Waals surface area contributed by atoms with Crippen molar-refractivity contribution in [2.45, 2.75) is 32.2 Å². The van der Waals surface area contributed by atoms with Gasteiger partial charge in [-0.15, -0.1) is 6.58 Å². The van der Waals surface area contributed by atoms with E-state index in [1.165, 1.54) is 0 Å². The predicted molar refractivity (Wildman–Crippen MR) is 47.6 cm³/mol. The molecule has 1 N–H and O–H groups in total. The first-order chi connectivity index (χ1) is 5.22. The summed E-state index contributed by atoms with van der Waals surface area (Å²) in [6, 6.07) is 0.0370. The minimum atomic E-state index is 0.0370. The van der Waals surface area contributed by atoms with Crippen molar-refractivity contribution in [1.29, 1.82) is 0 Å². The minimum absolute atomic E-state index is 0.0370. The molecule has 0 saturated carbocycles. The second-order valence-electron chi connectivity index (χ2n) is 2.67. The summed E-state index contributed by atoms with van der Waals surface area (Å²) in [6.07, 6.45) is 4.82. The van der Waals surface area contributed by atoms with Crippen LogP contribution >= 0.6 is 0 Å². The topological polar surface area (TPSA) is 29.1 Å². The monoisotopic (exact) mass is 155 g/mol. The average Bonchev–Trinajstić information content (AvgIpc) is 1.97. The Morgan fingerprint density at radius 3 is 2.73 bits per heavy atom. The third-order valence-corrected chi connectivity index (χ3v) is 1.74. The molecule has 0 aliphatic heterocycles. The van der Waals surface area contributed by atoms with Crippen molar-refractivity contribution in [3.05, 3.63) is 12.7 Å². The molecule has 0 saturated heterocycles. The lowest BCUT2D eigenvalue weighted by Crippen LogP contribution is -2.31. The molecule has 0 bridgehead atoms.